The Morgan fingerprint density at radius 3 is 2.79 bits per heavy atom. The van der Waals surface area contributed by atoms with Gasteiger partial charge in [0.1, 0.15) is 5.01 Å². The normalized spacial score (nSPS) is 11.4. The van der Waals surface area contributed by atoms with Crippen molar-refractivity contribution in [1.29, 1.82) is 0 Å². The van der Waals surface area contributed by atoms with E-state index in [4.69, 9.17) is 4.98 Å². The Kier molecular flexibility index (Phi) is 4.71. The lowest BCUT2D eigenvalue weighted by atomic mass is 10.2. The molecule has 0 unspecified atom stereocenters. The average Bonchev–Trinajstić information content (AvgIpc) is 2.93. The van der Waals surface area contributed by atoms with Crippen LogP contribution in [-0.2, 0) is 20.0 Å². The highest BCUT2D eigenvalue weighted by atomic mass is 32.1. The standard InChI is InChI=1S/C14H22N4S/c1-5-6-11-13(8-16-10(2)3)19-14(17-11)12-7-15-9-18(12)4/h7,9-10,16H,5-6,8H2,1-4H3. The second-order valence-electron chi connectivity index (χ2n) is 5.06. The van der Waals surface area contributed by atoms with E-state index in [1.165, 1.54) is 10.6 Å². The molecule has 0 bridgehead atoms. The molecule has 0 amide bonds. The molecule has 2 rings (SSSR count). The molecule has 104 valence electrons. The van der Waals surface area contributed by atoms with Gasteiger partial charge in [-0.25, -0.2) is 9.97 Å². The number of aryl methyl sites for hydroxylation is 2. The van der Waals surface area contributed by atoms with Gasteiger partial charge in [0.15, 0.2) is 0 Å². The van der Waals surface area contributed by atoms with Crippen LogP contribution in [0, 0.1) is 0 Å². The lowest BCUT2D eigenvalue weighted by molar-refractivity contribution is 0.589. The number of nitrogens with zero attached hydrogens (tertiary/aromatic N) is 3. The molecule has 2 aromatic heterocycles. The van der Waals surface area contributed by atoms with Crippen LogP contribution in [0.25, 0.3) is 10.7 Å². The first-order chi connectivity index (χ1) is 9.11. The minimum atomic E-state index is 0.497. The zero-order chi connectivity index (χ0) is 13.8. The third-order valence-corrected chi connectivity index (χ3v) is 4.09. The van der Waals surface area contributed by atoms with Gasteiger partial charge in [0.25, 0.3) is 0 Å². The molecular weight excluding hydrogens is 256 g/mol. The molecule has 1 N–H and O–H groups in total. The molecule has 0 radical (unpaired) electrons. The molecule has 0 aliphatic rings. The molecule has 0 saturated heterocycles. The lowest BCUT2D eigenvalue weighted by Crippen LogP contribution is -2.21. The summed E-state index contributed by atoms with van der Waals surface area (Å²) in [6.07, 6.45) is 5.88. The molecule has 5 heteroatoms. The topological polar surface area (TPSA) is 42.7 Å². The van der Waals surface area contributed by atoms with Crippen LogP contribution in [0.4, 0.5) is 0 Å². The zero-order valence-electron chi connectivity index (χ0n) is 12.1. The van der Waals surface area contributed by atoms with Crippen molar-refractivity contribution in [3.63, 3.8) is 0 Å². The van der Waals surface area contributed by atoms with Crippen LogP contribution in [0.5, 0.6) is 0 Å². The van der Waals surface area contributed by atoms with Gasteiger partial charge >= 0.3 is 0 Å². The highest BCUT2D eigenvalue weighted by Gasteiger charge is 2.14. The van der Waals surface area contributed by atoms with Crippen LogP contribution in [0.15, 0.2) is 12.5 Å². The first kappa shape index (κ1) is 14.2. The smallest absolute Gasteiger partial charge is 0.142 e. The largest absolute Gasteiger partial charge is 0.332 e. The summed E-state index contributed by atoms with van der Waals surface area (Å²) < 4.78 is 2.02. The fourth-order valence-electron chi connectivity index (χ4n) is 1.92. The van der Waals surface area contributed by atoms with Crippen LogP contribution >= 0.6 is 11.3 Å². The van der Waals surface area contributed by atoms with Crippen molar-refractivity contribution in [3.8, 4) is 10.7 Å². The maximum absolute atomic E-state index is 4.80. The van der Waals surface area contributed by atoms with E-state index >= 15 is 0 Å². The molecule has 0 aliphatic carbocycles. The predicted molar refractivity (Wildman–Crippen MR) is 80.3 cm³/mol. The van der Waals surface area contributed by atoms with Gasteiger partial charge in [-0.15, -0.1) is 11.3 Å². The third-order valence-electron chi connectivity index (χ3n) is 2.97. The predicted octanol–water partition coefficient (Wildman–Crippen LogP) is 2.99. The minimum absolute atomic E-state index is 0.497. The molecular formula is C14H22N4S. The maximum atomic E-state index is 4.80. The van der Waals surface area contributed by atoms with Crippen molar-refractivity contribution in [2.24, 2.45) is 7.05 Å². The first-order valence-corrected chi connectivity index (χ1v) is 7.62. The van der Waals surface area contributed by atoms with Crippen LogP contribution in [0.1, 0.15) is 37.8 Å². The number of aromatic nitrogens is 3. The Balaban J connectivity index is 2.26. The summed E-state index contributed by atoms with van der Waals surface area (Å²) in [5.74, 6) is 0. The van der Waals surface area contributed by atoms with Gasteiger partial charge in [0.2, 0.25) is 0 Å². The maximum Gasteiger partial charge on any atom is 0.142 e. The van der Waals surface area contributed by atoms with Crippen molar-refractivity contribution in [2.45, 2.75) is 46.2 Å². The Bertz CT molecular complexity index is 527. The highest BCUT2D eigenvalue weighted by molar-refractivity contribution is 7.15. The van der Waals surface area contributed by atoms with Crippen molar-refractivity contribution in [1.82, 2.24) is 19.9 Å². The molecule has 19 heavy (non-hydrogen) atoms. The number of imidazole rings is 1. The van der Waals surface area contributed by atoms with E-state index in [1.54, 1.807) is 11.3 Å². The number of hydrogen-bond donors (Lipinski definition) is 1. The second kappa shape index (κ2) is 6.30. The van der Waals surface area contributed by atoms with Crippen LogP contribution < -0.4 is 5.32 Å². The summed E-state index contributed by atoms with van der Waals surface area (Å²) >= 11 is 1.78. The SMILES string of the molecule is CCCc1nc(-c2cncn2C)sc1CNC(C)C. The van der Waals surface area contributed by atoms with E-state index in [2.05, 4.69) is 31.1 Å². The van der Waals surface area contributed by atoms with Crippen molar-refractivity contribution < 1.29 is 0 Å². The molecule has 0 aromatic carbocycles. The number of rotatable bonds is 6. The molecule has 0 saturated carbocycles. The quantitative estimate of drug-likeness (QED) is 0.883. The molecule has 2 heterocycles. The molecule has 0 atom stereocenters. The van der Waals surface area contributed by atoms with Crippen LogP contribution in [0.3, 0.4) is 0 Å². The fourth-order valence-corrected chi connectivity index (χ4v) is 3.03. The van der Waals surface area contributed by atoms with Gasteiger partial charge in [-0.1, -0.05) is 27.2 Å². The summed E-state index contributed by atoms with van der Waals surface area (Å²) in [6.45, 7) is 7.44. The van der Waals surface area contributed by atoms with E-state index in [-0.39, 0.29) is 0 Å². The monoisotopic (exact) mass is 278 g/mol. The first-order valence-electron chi connectivity index (χ1n) is 6.80. The summed E-state index contributed by atoms with van der Waals surface area (Å²) in [5, 5.41) is 4.55. The minimum Gasteiger partial charge on any atom is -0.332 e. The molecule has 0 fully saturated rings. The Morgan fingerprint density at radius 2 is 2.21 bits per heavy atom. The van der Waals surface area contributed by atoms with Gasteiger partial charge in [0, 0.05) is 24.5 Å². The fraction of sp³-hybridized carbons (Fsp3) is 0.571. The Labute approximate surface area is 118 Å². The molecule has 0 aliphatic heterocycles. The second-order valence-corrected chi connectivity index (χ2v) is 6.15. The zero-order valence-corrected chi connectivity index (χ0v) is 12.9. The number of hydrogen-bond acceptors (Lipinski definition) is 4. The van der Waals surface area contributed by atoms with Crippen molar-refractivity contribution in [2.75, 3.05) is 0 Å². The molecule has 2 aromatic rings. The molecule has 0 spiro atoms. The summed E-state index contributed by atoms with van der Waals surface area (Å²) in [7, 11) is 2.01. The van der Waals surface area contributed by atoms with E-state index < -0.39 is 0 Å². The van der Waals surface area contributed by atoms with E-state index in [1.807, 2.05) is 24.1 Å². The van der Waals surface area contributed by atoms with Crippen LogP contribution in [-0.4, -0.2) is 20.6 Å². The van der Waals surface area contributed by atoms with Gasteiger partial charge in [0.05, 0.1) is 23.9 Å². The summed E-state index contributed by atoms with van der Waals surface area (Å²) in [6, 6.07) is 0.497. The third kappa shape index (κ3) is 3.42. The Morgan fingerprint density at radius 1 is 1.42 bits per heavy atom. The van der Waals surface area contributed by atoms with E-state index in [9.17, 15) is 0 Å². The van der Waals surface area contributed by atoms with E-state index in [0.717, 1.165) is 30.1 Å². The summed E-state index contributed by atoms with van der Waals surface area (Å²) in [4.78, 5) is 10.3. The lowest BCUT2D eigenvalue weighted by Gasteiger charge is -2.07. The van der Waals surface area contributed by atoms with Gasteiger partial charge < -0.3 is 9.88 Å². The summed E-state index contributed by atoms with van der Waals surface area (Å²) in [5.41, 5.74) is 2.33. The van der Waals surface area contributed by atoms with Gasteiger partial charge in [-0.05, 0) is 6.42 Å². The van der Waals surface area contributed by atoms with E-state index in [0.29, 0.717) is 6.04 Å². The van der Waals surface area contributed by atoms with Gasteiger partial charge in [-0.3, -0.25) is 0 Å². The van der Waals surface area contributed by atoms with Gasteiger partial charge in [-0.2, -0.15) is 0 Å². The molecule has 4 nitrogen and oxygen atoms in total. The van der Waals surface area contributed by atoms with Crippen molar-refractivity contribution >= 4 is 11.3 Å². The number of nitrogens with one attached hydrogen (secondary N) is 1. The Hall–Kier alpha value is -1.20. The van der Waals surface area contributed by atoms with Crippen LogP contribution in [0.2, 0.25) is 0 Å². The number of thiazole rings is 1. The highest BCUT2D eigenvalue weighted by Crippen LogP contribution is 2.28. The van der Waals surface area contributed by atoms with Crippen molar-refractivity contribution in [3.05, 3.63) is 23.1 Å². The average molecular weight is 278 g/mol.